The molecule has 94 valence electrons. The molecular weight excluding hydrogens is 208 g/mol. The van der Waals surface area contributed by atoms with Crippen LogP contribution in [0.2, 0.25) is 0 Å². The summed E-state index contributed by atoms with van der Waals surface area (Å²) in [4.78, 5) is 13.6. The molecule has 5 nitrogen and oxygen atoms in total. The molecule has 1 rings (SSSR count). The number of methoxy groups -OCH3 is 1. The quantitative estimate of drug-likeness (QED) is 0.673. The van der Waals surface area contributed by atoms with Gasteiger partial charge in [0.25, 0.3) is 0 Å². The molecule has 2 N–H and O–H groups in total. The van der Waals surface area contributed by atoms with Crippen LogP contribution in [-0.2, 0) is 14.3 Å². The molecular formula is C11H22N2O3. The highest BCUT2D eigenvalue weighted by molar-refractivity contribution is 5.75. The van der Waals surface area contributed by atoms with E-state index in [9.17, 15) is 4.79 Å². The van der Waals surface area contributed by atoms with Crippen molar-refractivity contribution in [2.45, 2.75) is 31.9 Å². The molecule has 1 aliphatic heterocycles. The summed E-state index contributed by atoms with van der Waals surface area (Å²) in [5.74, 6) is -0.250. The van der Waals surface area contributed by atoms with Crippen LogP contribution < -0.4 is 5.73 Å². The van der Waals surface area contributed by atoms with Crippen LogP contribution in [-0.4, -0.2) is 56.4 Å². The Morgan fingerprint density at radius 2 is 2.38 bits per heavy atom. The van der Waals surface area contributed by atoms with Crippen LogP contribution in [0.5, 0.6) is 0 Å². The number of likely N-dealkylation sites (tertiary alicyclic amines) is 1. The van der Waals surface area contributed by atoms with Crippen LogP contribution in [0.4, 0.5) is 0 Å². The number of nitrogens with two attached hydrogens (primary N) is 1. The number of piperidine rings is 1. The zero-order valence-corrected chi connectivity index (χ0v) is 10.1. The minimum absolute atomic E-state index is 0.220. The van der Waals surface area contributed by atoms with E-state index < -0.39 is 0 Å². The maximum atomic E-state index is 11.5. The Morgan fingerprint density at radius 3 is 2.94 bits per heavy atom. The van der Waals surface area contributed by atoms with Crippen molar-refractivity contribution in [3.63, 3.8) is 0 Å². The van der Waals surface area contributed by atoms with Crippen molar-refractivity contribution >= 4 is 5.97 Å². The number of carbonyl (C=O) groups excluding carboxylic acids is 1. The van der Waals surface area contributed by atoms with Gasteiger partial charge in [-0.15, -0.1) is 0 Å². The van der Waals surface area contributed by atoms with Gasteiger partial charge >= 0.3 is 5.97 Å². The molecule has 0 aromatic carbocycles. The number of rotatable bonds is 5. The van der Waals surface area contributed by atoms with Crippen LogP contribution in [0.3, 0.4) is 0 Å². The molecule has 1 fully saturated rings. The molecule has 0 saturated carbocycles. The number of hydrogen-bond donors (Lipinski definition) is 1. The Morgan fingerprint density at radius 1 is 1.62 bits per heavy atom. The summed E-state index contributed by atoms with van der Waals surface area (Å²) >= 11 is 0. The lowest BCUT2D eigenvalue weighted by molar-refractivity contribution is -0.148. The minimum atomic E-state index is -0.326. The van der Waals surface area contributed by atoms with E-state index in [1.807, 2.05) is 6.92 Å². The van der Waals surface area contributed by atoms with Gasteiger partial charge in [-0.05, 0) is 26.3 Å². The molecule has 0 aromatic heterocycles. The molecule has 0 aliphatic carbocycles. The third-order valence-corrected chi connectivity index (χ3v) is 2.95. The van der Waals surface area contributed by atoms with E-state index in [0.717, 1.165) is 25.9 Å². The van der Waals surface area contributed by atoms with Crippen molar-refractivity contribution in [1.82, 2.24) is 4.90 Å². The molecule has 1 aliphatic rings. The highest BCUT2D eigenvalue weighted by Crippen LogP contribution is 2.16. The second-order valence-corrected chi connectivity index (χ2v) is 3.99. The minimum Gasteiger partial charge on any atom is -0.468 e. The fourth-order valence-electron chi connectivity index (χ4n) is 2.15. The van der Waals surface area contributed by atoms with Gasteiger partial charge in [-0.2, -0.15) is 0 Å². The first kappa shape index (κ1) is 13.4. The fraction of sp³-hybridized carbons (Fsp3) is 0.909. The topological polar surface area (TPSA) is 64.8 Å². The Balaban J connectivity index is 2.53. The average molecular weight is 230 g/mol. The number of nitrogens with zero attached hydrogens (tertiary/aromatic N) is 1. The van der Waals surface area contributed by atoms with E-state index >= 15 is 0 Å². The maximum Gasteiger partial charge on any atom is 0.324 e. The summed E-state index contributed by atoms with van der Waals surface area (Å²) < 4.78 is 10.3. The summed E-state index contributed by atoms with van der Waals surface area (Å²) in [6.07, 6.45) is 2.32. The van der Waals surface area contributed by atoms with Gasteiger partial charge in [-0.25, -0.2) is 0 Å². The van der Waals surface area contributed by atoms with Crippen molar-refractivity contribution < 1.29 is 14.3 Å². The van der Waals surface area contributed by atoms with Crippen molar-refractivity contribution in [3.8, 4) is 0 Å². The lowest BCUT2D eigenvalue weighted by atomic mass is 10.1. The molecule has 0 radical (unpaired) electrons. The van der Waals surface area contributed by atoms with Gasteiger partial charge in [0.15, 0.2) is 0 Å². The van der Waals surface area contributed by atoms with Gasteiger partial charge in [-0.1, -0.05) is 0 Å². The Bertz CT molecular complexity index is 221. The van der Waals surface area contributed by atoms with E-state index in [1.54, 1.807) is 0 Å². The van der Waals surface area contributed by atoms with E-state index in [2.05, 4.69) is 4.90 Å². The van der Waals surface area contributed by atoms with E-state index in [-0.39, 0.29) is 18.1 Å². The highest BCUT2D eigenvalue weighted by atomic mass is 16.5. The van der Waals surface area contributed by atoms with Crippen molar-refractivity contribution in [2.75, 3.05) is 33.4 Å². The Kier molecular flexibility index (Phi) is 5.73. The molecule has 16 heavy (non-hydrogen) atoms. The fourth-order valence-corrected chi connectivity index (χ4v) is 2.15. The summed E-state index contributed by atoms with van der Waals surface area (Å²) in [6.45, 7) is 4.65. The van der Waals surface area contributed by atoms with Gasteiger partial charge < -0.3 is 15.2 Å². The van der Waals surface area contributed by atoms with Crippen LogP contribution in [0.15, 0.2) is 0 Å². The summed E-state index contributed by atoms with van der Waals surface area (Å²) in [5, 5.41) is 0. The smallest absolute Gasteiger partial charge is 0.324 e. The van der Waals surface area contributed by atoms with Gasteiger partial charge in [-0.3, -0.25) is 9.69 Å². The first-order chi connectivity index (χ1) is 7.72. The Labute approximate surface area is 96.9 Å². The number of carbonyl (C=O) groups is 1. The summed E-state index contributed by atoms with van der Waals surface area (Å²) in [6, 6.07) is -0.326. The van der Waals surface area contributed by atoms with Crippen LogP contribution in [0.1, 0.15) is 19.8 Å². The number of hydrogen-bond acceptors (Lipinski definition) is 5. The molecule has 0 amide bonds. The molecule has 2 atom stereocenters. The van der Waals surface area contributed by atoms with Crippen molar-refractivity contribution in [1.29, 1.82) is 0 Å². The molecule has 0 spiro atoms. The lowest BCUT2D eigenvalue weighted by Gasteiger charge is -2.36. The SMILES string of the molecule is CCOC1CCCN(C(CN)C(=O)OC)C1. The normalized spacial score (nSPS) is 24.1. The largest absolute Gasteiger partial charge is 0.468 e. The molecule has 0 aromatic rings. The average Bonchev–Trinajstić information content (AvgIpc) is 2.31. The molecule has 5 heteroatoms. The van der Waals surface area contributed by atoms with Crippen LogP contribution in [0, 0.1) is 0 Å². The zero-order valence-electron chi connectivity index (χ0n) is 10.1. The molecule has 1 saturated heterocycles. The van der Waals surface area contributed by atoms with Gasteiger partial charge in [0.1, 0.15) is 6.04 Å². The first-order valence-electron chi connectivity index (χ1n) is 5.86. The lowest BCUT2D eigenvalue weighted by Crippen LogP contribution is -2.52. The standard InChI is InChI=1S/C11H22N2O3/c1-3-16-9-5-4-6-13(8-9)10(7-12)11(14)15-2/h9-10H,3-8,12H2,1-2H3. The van der Waals surface area contributed by atoms with E-state index in [0.29, 0.717) is 13.2 Å². The zero-order chi connectivity index (χ0) is 12.0. The number of ether oxygens (including phenoxy) is 2. The van der Waals surface area contributed by atoms with E-state index in [4.69, 9.17) is 15.2 Å². The van der Waals surface area contributed by atoms with E-state index in [1.165, 1.54) is 7.11 Å². The van der Waals surface area contributed by atoms with Gasteiger partial charge in [0.2, 0.25) is 0 Å². The third-order valence-electron chi connectivity index (χ3n) is 2.95. The Hall–Kier alpha value is -0.650. The maximum absolute atomic E-state index is 11.5. The third kappa shape index (κ3) is 3.43. The van der Waals surface area contributed by atoms with Crippen LogP contribution >= 0.6 is 0 Å². The second-order valence-electron chi connectivity index (χ2n) is 3.99. The van der Waals surface area contributed by atoms with Crippen LogP contribution in [0.25, 0.3) is 0 Å². The van der Waals surface area contributed by atoms with Crippen molar-refractivity contribution in [3.05, 3.63) is 0 Å². The van der Waals surface area contributed by atoms with Crippen molar-refractivity contribution in [2.24, 2.45) is 5.73 Å². The molecule has 1 heterocycles. The second kappa shape index (κ2) is 6.83. The number of esters is 1. The van der Waals surface area contributed by atoms with Gasteiger partial charge in [0, 0.05) is 19.7 Å². The summed E-state index contributed by atoms with van der Waals surface area (Å²) in [7, 11) is 1.40. The highest BCUT2D eigenvalue weighted by Gasteiger charge is 2.30. The monoisotopic (exact) mass is 230 g/mol. The predicted octanol–water partition coefficient (Wildman–Crippen LogP) is -0.0124. The summed E-state index contributed by atoms with van der Waals surface area (Å²) in [5.41, 5.74) is 5.62. The van der Waals surface area contributed by atoms with Gasteiger partial charge in [0.05, 0.1) is 13.2 Å². The molecule has 0 bridgehead atoms. The predicted molar refractivity (Wildman–Crippen MR) is 61.1 cm³/mol. The first-order valence-corrected chi connectivity index (χ1v) is 5.86. The molecule has 2 unspecified atom stereocenters.